The van der Waals surface area contributed by atoms with Gasteiger partial charge in [0.05, 0.1) is 17.8 Å². The lowest BCUT2D eigenvalue weighted by Crippen LogP contribution is -2.22. The quantitative estimate of drug-likeness (QED) is 0.742. The van der Waals surface area contributed by atoms with Gasteiger partial charge in [0.1, 0.15) is 5.41 Å². The minimum atomic E-state index is -0.404. The fraction of sp³-hybridized carbons (Fsp3) is 0.636. The highest BCUT2D eigenvalue weighted by molar-refractivity contribution is 7.09. The summed E-state index contributed by atoms with van der Waals surface area (Å²) in [6.07, 6.45) is 1.75. The number of methoxy groups -OCH3 is 1. The third-order valence-corrected chi connectivity index (χ3v) is 3.98. The zero-order valence-corrected chi connectivity index (χ0v) is 10.1. The molecule has 0 amide bonds. The van der Waals surface area contributed by atoms with Gasteiger partial charge in [-0.3, -0.25) is 4.79 Å². The standard InChI is InChI=1S/C11H15NO2S/c1-7(2)9-12-8(6-15-9)11(4-5-11)10(13)14-3/h6-7H,4-5H2,1-3H3. The first-order valence-electron chi connectivity index (χ1n) is 5.14. The Morgan fingerprint density at radius 1 is 1.60 bits per heavy atom. The zero-order valence-electron chi connectivity index (χ0n) is 9.24. The van der Waals surface area contributed by atoms with Crippen molar-refractivity contribution in [2.75, 3.05) is 7.11 Å². The van der Waals surface area contributed by atoms with Crippen LogP contribution in [0.2, 0.25) is 0 Å². The normalized spacial score (nSPS) is 17.9. The van der Waals surface area contributed by atoms with E-state index in [4.69, 9.17) is 4.74 Å². The van der Waals surface area contributed by atoms with E-state index in [0.717, 1.165) is 23.5 Å². The molecule has 1 aliphatic rings. The van der Waals surface area contributed by atoms with Crippen molar-refractivity contribution in [3.8, 4) is 0 Å². The molecule has 1 aliphatic carbocycles. The number of carbonyl (C=O) groups excluding carboxylic acids is 1. The van der Waals surface area contributed by atoms with Crippen LogP contribution < -0.4 is 0 Å². The van der Waals surface area contributed by atoms with Crippen LogP contribution in [-0.2, 0) is 14.9 Å². The lowest BCUT2D eigenvalue weighted by Gasteiger charge is -2.08. The molecular weight excluding hydrogens is 210 g/mol. The number of ether oxygens (including phenoxy) is 1. The zero-order chi connectivity index (χ0) is 11.1. The highest BCUT2D eigenvalue weighted by Gasteiger charge is 2.54. The number of aromatic nitrogens is 1. The third-order valence-electron chi connectivity index (χ3n) is 2.83. The number of thiazole rings is 1. The fourth-order valence-corrected chi connectivity index (χ4v) is 2.59. The Morgan fingerprint density at radius 2 is 2.27 bits per heavy atom. The molecule has 15 heavy (non-hydrogen) atoms. The average molecular weight is 225 g/mol. The van der Waals surface area contributed by atoms with Crippen LogP contribution in [0.3, 0.4) is 0 Å². The first-order chi connectivity index (χ1) is 7.10. The minimum absolute atomic E-state index is 0.136. The van der Waals surface area contributed by atoms with Gasteiger partial charge in [-0.05, 0) is 12.8 Å². The molecule has 0 aliphatic heterocycles. The highest BCUT2D eigenvalue weighted by Crippen LogP contribution is 2.49. The van der Waals surface area contributed by atoms with Gasteiger partial charge in [-0.25, -0.2) is 4.98 Å². The van der Waals surface area contributed by atoms with Crippen molar-refractivity contribution in [1.82, 2.24) is 4.98 Å². The second-order valence-corrected chi connectivity index (χ2v) is 5.19. The first kappa shape index (κ1) is 10.6. The Kier molecular flexibility index (Phi) is 2.54. The lowest BCUT2D eigenvalue weighted by molar-refractivity contribution is -0.143. The van der Waals surface area contributed by atoms with Gasteiger partial charge in [-0.1, -0.05) is 13.8 Å². The molecule has 2 rings (SSSR count). The van der Waals surface area contributed by atoms with Crippen LogP contribution in [0, 0.1) is 0 Å². The van der Waals surface area contributed by atoms with Gasteiger partial charge in [0.2, 0.25) is 0 Å². The number of hydrogen-bond acceptors (Lipinski definition) is 4. The summed E-state index contributed by atoms with van der Waals surface area (Å²) < 4.78 is 4.83. The molecule has 0 N–H and O–H groups in total. The molecule has 0 spiro atoms. The van der Waals surface area contributed by atoms with E-state index in [-0.39, 0.29) is 5.97 Å². The fourth-order valence-electron chi connectivity index (χ4n) is 1.66. The molecule has 0 bridgehead atoms. The topological polar surface area (TPSA) is 39.2 Å². The van der Waals surface area contributed by atoms with Crippen LogP contribution >= 0.6 is 11.3 Å². The Morgan fingerprint density at radius 3 is 2.67 bits per heavy atom. The summed E-state index contributed by atoms with van der Waals surface area (Å²) in [6, 6.07) is 0. The lowest BCUT2D eigenvalue weighted by atomic mass is 10.0. The van der Waals surface area contributed by atoms with Crippen LogP contribution in [0.15, 0.2) is 5.38 Å². The number of hydrogen-bond donors (Lipinski definition) is 0. The van der Waals surface area contributed by atoms with Crippen LogP contribution in [0.1, 0.15) is 43.3 Å². The predicted molar refractivity (Wildman–Crippen MR) is 59.1 cm³/mol. The largest absolute Gasteiger partial charge is 0.468 e. The predicted octanol–water partition coefficient (Wildman–Crippen LogP) is 2.47. The van der Waals surface area contributed by atoms with Crippen LogP contribution in [-0.4, -0.2) is 18.1 Å². The summed E-state index contributed by atoms with van der Waals surface area (Å²) in [5.74, 6) is 0.292. The Labute approximate surface area is 93.5 Å². The average Bonchev–Trinajstić information content (AvgIpc) is 2.87. The van der Waals surface area contributed by atoms with E-state index in [1.165, 1.54) is 7.11 Å². The summed E-state index contributed by atoms with van der Waals surface area (Å²) in [5, 5.41) is 3.10. The molecule has 1 fully saturated rings. The molecule has 1 saturated carbocycles. The molecule has 0 radical (unpaired) electrons. The van der Waals surface area contributed by atoms with Crippen LogP contribution in [0.4, 0.5) is 0 Å². The number of rotatable bonds is 3. The molecule has 0 saturated heterocycles. The summed E-state index contributed by atoms with van der Waals surface area (Å²) >= 11 is 1.63. The Hall–Kier alpha value is -0.900. The molecule has 82 valence electrons. The monoisotopic (exact) mass is 225 g/mol. The maximum Gasteiger partial charge on any atom is 0.317 e. The summed E-state index contributed by atoms with van der Waals surface area (Å²) in [4.78, 5) is 16.1. The van der Waals surface area contributed by atoms with E-state index in [2.05, 4.69) is 18.8 Å². The van der Waals surface area contributed by atoms with Gasteiger partial charge in [-0.2, -0.15) is 0 Å². The summed E-state index contributed by atoms with van der Waals surface area (Å²) in [5.41, 5.74) is 0.501. The molecular formula is C11H15NO2S. The Balaban J connectivity index is 2.26. The highest BCUT2D eigenvalue weighted by atomic mass is 32.1. The van der Waals surface area contributed by atoms with Gasteiger partial charge in [0.15, 0.2) is 0 Å². The van der Waals surface area contributed by atoms with Crippen molar-refractivity contribution in [2.24, 2.45) is 0 Å². The Bertz CT molecular complexity index is 380. The molecule has 3 nitrogen and oxygen atoms in total. The van der Waals surface area contributed by atoms with E-state index in [9.17, 15) is 4.79 Å². The second-order valence-electron chi connectivity index (χ2n) is 4.30. The van der Waals surface area contributed by atoms with E-state index >= 15 is 0 Å². The van der Waals surface area contributed by atoms with E-state index in [1.807, 2.05) is 5.38 Å². The van der Waals surface area contributed by atoms with Crippen molar-refractivity contribution in [3.63, 3.8) is 0 Å². The van der Waals surface area contributed by atoms with Crippen molar-refractivity contribution in [3.05, 3.63) is 16.1 Å². The first-order valence-corrected chi connectivity index (χ1v) is 6.02. The van der Waals surface area contributed by atoms with E-state index in [1.54, 1.807) is 11.3 Å². The molecule has 0 unspecified atom stereocenters. The van der Waals surface area contributed by atoms with Gasteiger partial charge < -0.3 is 4.74 Å². The molecule has 0 aromatic carbocycles. The van der Waals surface area contributed by atoms with E-state index < -0.39 is 5.41 Å². The maximum absolute atomic E-state index is 11.6. The van der Waals surface area contributed by atoms with Gasteiger partial charge in [0.25, 0.3) is 0 Å². The minimum Gasteiger partial charge on any atom is -0.468 e. The van der Waals surface area contributed by atoms with Crippen molar-refractivity contribution in [2.45, 2.75) is 38.0 Å². The summed E-state index contributed by atoms with van der Waals surface area (Å²) in [7, 11) is 1.44. The molecule has 1 heterocycles. The summed E-state index contributed by atoms with van der Waals surface area (Å²) in [6.45, 7) is 4.22. The SMILES string of the molecule is COC(=O)C1(c2csc(C(C)C)n2)CC1. The maximum atomic E-state index is 11.6. The van der Waals surface area contributed by atoms with Crippen molar-refractivity contribution in [1.29, 1.82) is 0 Å². The van der Waals surface area contributed by atoms with E-state index in [0.29, 0.717) is 5.92 Å². The van der Waals surface area contributed by atoms with Crippen molar-refractivity contribution >= 4 is 17.3 Å². The van der Waals surface area contributed by atoms with Crippen molar-refractivity contribution < 1.29 is 9.53 Å². The molecule has 1 aromatic heterocycles. The molecule has 0 atom stereocenters. The van der Waals surface area contributed by atoms with Gasteiger partial charge >= 0.3 is 5.97 Å². The number of esters is 1. The molecule has 1 aromatic rings. The van der Waals surface area contributed by atoms with Gasteiger partial charge in [0, 0.05) is 11.3 Å². The number of carbonyl (C=O) groups is 1. The third kappa shape index (κ3) is 1.67. The van der Waals surface area contributed by atoms with Crippen LogP contribution in [0.5, 0.6) is 0 Å². The number of nitrogens with zero attached hydrogens (tertiary/aromatic N) is 1. The second kappa shape index (κ2) is 3.59. The molecule has 4 heteroatoms. The smallest absolute Gasteiger partial charge is 0.317 e. The van der Waals surface area contributed by atoms with Crippen LogP contribution in [0.25, 0.3) is 0 Å². The van der Waals surface area contributed by atoms with Gasteiger partial charge in [-0.15, -0.1) is 11.3 Å².